The number of carboxylic acids is 1. The molecule has 0 aromatic carbocycles. The van der Waals surface area contributed by atoms with Gasteiger partial charge in [-0.3, -0.25) is 14.4 Å². The van der Waals surface area contributed by atoms with E-state index in [4.69, 9.17) is 4.74 Å². The largest absolute Gasteiger partial charge is 0.481 e. The fraction of sp³-hybridized carbons (Fsp3) is 0.562. The topological polar surface area (TPSA) is 105 Å². The van der Waals surface area contributed by atoms with Crippen LogP contribution in [0.4, 0.5) is 5.00 Å². The molecule has 8 heteroatoms. The molecule has 2 bridgehead atoms. The number of thiophene rings is 1. The first-order valence-corrected chi connectivity index (χ1v) is 9.00. The minimum atomic E-state index is -1.000. The van der Waals surface area contributed by atoms with Crippen LogP contribution in [0, 0.1) is 11.8 Å². The summed E-state index contributed by atoms with van der Waals surface area (Å²) in [7, 11) is 0. The number of nitrogens with one attached hydrogen (secondary N) is 2. The molecular formula is C16H18N2O5S. The number of aliphatic carboxylic acids is 1. The van der Waals surface area contributed by atoms with E-state index >= 15 is 0 Å². The molecule has 24 heavy (non-hydrogen) atoms. The maximum atomic E-state index is 12.6. The van der Waals surface area contributed by atoms with Crippen molar-refractivity contribution in [3.8, 4) is 0 Å². The predicted octanol–water partition coefficient (Wildman–Crippen LogP) is 1.46. The van der Waals surface area contributed by atoms with Crippen molar-refractivity contribution in [2.24, 2.45) is 11.8 Å². The van der Waals surface area contributed by atoms with Crippen LogP contribution >= 0.6 is 11.3 Å². The molecule has 1 saturated carbocycles. The first-order chi connectivity index (χ1) is 11.5. The third kappa shape index (κ3) is 2.69. The van der Waals surface area contributed by atoms with Gasteiger partial charge in [0, 0.05) is 6.04 Å². The summed E-state index contributed by atoms with van der Waals surface area (Å²) >= 11 is 1.26. The van der Waals surface area contributed by atoms with Gasteiger partial charge < -0.3 is 20.5 Å². The number of amides is 2. The Morgan fingerprint density at radius 1 is 1.12 bits per heavy atom. The second-order valence-electron chi connectivity index (χ2n) is 6.58. The first-order valence-electron chi connectivity index (χ1n) is 8.12. The average Bonchev–Trinajstić information content (AvgIpc) is 2.98. The number of anilines is 1. The SMILES string of the molecule is O=C(NC1CC1)c1ccsc1NC(=O)[C@@H]1[C@H](C(=O)O)[C@H]2CC[C@H]1O2. The number of carbonyl (C=O) groups is 3. The summed E-state index contributed by atoms with van der Waals surface area (Å²) < 4.78 is 5.62. The Balaban J connectivity index is 1.49. The van der Waals surface area contributed by atoms with E-state index in [9.17, 15) is 19.5 Å². The average molecular weight is 350 g/mol. The van der Waals surface area contributed by atoms with Crippen molar-refractivity contribution >= 4 is 34.1 Å². The number of ether oxygens (including phenoxy) is 1. The van der Waals surface area contributed by atoms with Gasteiger partial charge >= 0.3 is 5.97 Å². The van der Waals surface area contributed by atoms with Crippen molar-refractivity contribution in [1.82, 2.24) is 5.32 Å². The van der Waals surface area contributed by atoms with E-state index < -0.39 is 17.8 Å². The van der Waals surface area contributed by atoms with E-state index in [0.717, 1.165) is 12.8 Å². The monoisotopic (exact) mass is 350 g/mol. The Kier molecular flexibility index (Phi) is 3.80. The highest BCUT2D eigenvalue weighted by atomic mass is 32.1. The molecule has 128 valence electrons. The van der Waals surface area contributed by atoms with Gasteiger partial charge in [0.15, 0.2) is 0 Å². The second kappa shape index (κ2) is 5.86. The van der Waals surface area contributed by atoms with Crippen molar-refractivity contribution in [2.75, 3.05) is 5.32 Å². The van der Waals surface area contributed by atoms with Crippen LogP contribution in [0.15, 0.2) is 11.4 Å². The highest BCUT2D eigenvalue weighted by Crippen LogP contribution is 2.44. The third-order valence-corrected chi connectivity index (χ3v) is 5.75. The van der Waals surface area contributed by atoms with Gasteiger partial charge in [0.1, 0.15) is 5.00 Å². The van der Waals surface area contributed by atoms with Crippen LogP contribution in [0.3, 0.4) is 0 Å². The van der Waals surface area contributed by atoms with E-state index in [1.54, 1.807) is 11.4 Å². The van der Waals surface area contributed by atoms with E-state index in [-0.39, 0.29) is 30.1 Å². The van der Waals surface area contributed by atoms with Crippen LogP contribution in [-0.4, -0.2) is 41.1 Å². The van der Waals surface area contributed by atoms with Gasteiger partial charge in [0.2, 0.25) is 5.91 Å². The summed E-state index contributed by atoms with van der Waals surface area (Å²) in [4.78, 5) is 36.3. The normalized spacial score (nSPS) is 31.0. The number of fused-ring (bicyclic) bond motifs is 2. The number of rotatable bonds is 5. The molecule has 3 aliphatic rings. The van der Waals surface area contributed by atoms with Crippen LogP contribution < -0.4 is 10.6 Å². The van der Waals surface area contributed by atoms with E-state index in [1.807, 2.05) is 0 Å². The van der Waals surface area contributed by atoms with Crippen LogP contribution in [0.2, 0.25) is 0 Å². The predicted molar refractivity (Wildman–Crippen MR) is 85.9 cm³/mol. The van der Waals surface area contributed by atoms with E-state index in [0.29, 0.717) is 23.4 Å². The fourth-order valence-corrected chi connectivity index (χ4v) is 4.38. The summed E-state index contributed by atoms with van der Waals surface area (Å²) in [6.45, 7) is 0. The van der Waals surface area contributed by atoms with Gasteiger partial charge in [-0.1, -0.05) is 0 Å². The Labute approximate surface area is 142 Å². The Morgan fingerprint density at radius 3 is 2.50 bits per heavy atom. The van der Waals surface area contributed by atoms with Crippen molar-refractivity contribution < 1.29 is 24.2 Å². The first kappa shape index (κ1) is 15.6. The molecule has 3 heterocycles. The molecule has 1 aliphatic carbocycles. The van der Waals surface area contributed by atoms with E-state index in [2.05, 4.69) is 10.6 Å². The van der Waals surface area contributed by atoms with Gasteiger partial charge in [-0.15, -0.1) is 11.3 Å². The molecular weight excluding hydrogens is 332 g/mol. The lowest BCUT2D eigenvalue weighted by Gasteiger charge is -2.23. The molecule has 0 unspecified atom stereocenters. The molecule has 3 fully saturated rings. The molecule has 2 saturated heterocycles. The quantitative estimate of drug-likeness (QED) is 0.746. The molecule has 4 atom stereocenters. The van der Waals surface area contributed by atoms with Crippen LogP contribution in [-0.2, 0) is 14.3 Å². The van der Waals surface area contributed by atoms with Gasteiger partial charge in [-0.2, -0.15) is 0 Å². The molecule has 2 aliphatic heterocycles. The number of hydrogen-bond acceptors (Lipinski definition) is 5. The second-order valence-corrected chi connectivity index (χ2v) is 7.50. The highest BCUT2D eigenvalue weighted by molar-refractivity contribution is 7.14. The molecule has 4 rings (SSSR count). The highest BCUT2D eigenvalue weighted by Gasteiger charge is 2.55. The van der Waals surface area contributed by atoms with Crippen molar-refractivity contribution in [3.05, 3.63) is 17.0 Å². The summed E-state index contributed by atoms with van der Waals surface area (Å²) in [6.07, 6.45) is 2.62. The lowest BCUT2D eigenvalue weighted by atomic mass is 9.79. The number of hydrogen-bond donors (Lipinski definition) is 3. The van der Waals surface area contributed by atoms with Gasteiger partial charge in [0.05, 0.1) is 29.6 Å². The van der Waals surface area contributed by atoms with Crippen molar-refractivity contribution in [1.29, 1.82) is 0 Å². The number of carbonyl (C=O) groups excluding carboxylic acids is 2. The smallest absolute Gasteiger partial charge is 0.310 e. The molecule has 3 N–H and O–H groups in total. The molecule has 2 amide bonds. The number of carboxylic acid groups (broad SMARTS) is 1. The molecule has 0 spiro atoms. The summed E-state index contributed by atoms with van der Waals surface area (Å²) in [5.74, 6) is -3.10. The van der Waals surface area contributed by atoms with Gasteiger partial charge in [0.25, 0.3) is 5.91 Å². The maximum absolute atomic E-state index is 12.6. The van der Waals surface area contributed by atoms with Crippen LogP contribution in [0.5, 0.6) is 0 Å². The van der Waals surface area contributed by atoms with Crippen molar-refractivity contribution in [3.63, 3.8) is 0 Å². The molecule has 1 aromatic heterocycles. The third-order valence-electron chi connectivity index (χ3n) is 4.92. The molecule has 7 nitrogen and oxygen atoms in total. The standard InChI is InChI=1S/C16H18N2O5S/c19-13(17-7-1-2-7)8-5-6-24-15(8)18-14(20)11-9-3-4-10(23-9)12(11)16(21)22/h5-7,9-12H,1-4H2,(H,17,19)(H,18,20)(H,21,22)/t9-,10-,11+,12-/m1/s1. The zero-order valence-electron chi connectivity index (χ0n) is 12.9. The van der Waals surface area contributed by atoms with E-state index in [1.165, 1.54) is 11.3 Å². The fourth-order valence-electron chi connectivity index (χ4n) is 3.60. The minimum absolute atomic E-state index is 0.201. The van der Waals surface area contributed by atoms with Crippen LogP contribution in [0.1, 0.15) is 36.0 Å². The summed E-state index contributed by atoms with van der Waals surface area (Å²) in [5, 5.41) is 17.3. The zero-order chi connectivity index (χ0) is 16.8. The Bertz CT molecular complexity index is 698. The molecule has 0 radical (unpaired) electrons. The summed E-state index contributed by atoms with van der Waals surface area (Å²) in [5.41, 5.74) is 0.427. The van der Waals surface area contributed by atoms with Crippen LogP contribution in [0.25, 0.3) is 0 Å². The maximum Gasteiger partial charge on any atom is 0.310 e. The lowest BCUT2D eigenvalue weighted by Crippen LogP contribution is -2.41. The zero-order valence-corrected chi connectivity index (χ0v) is 13.7. The Hall–Kier alpha value is -1.93. The minimum Gasteiger partial charge on any atom is -0.481 e. The lowest BCUT2D eigenvalue weighted by molar-refractivity contribution is -0.147. The summed E-state index contributed by atoms with van der Waals surface area (Å²) in [6, 6.07) is 1.90. The van der Waals surface area contributed by atoms with Gasteiger partial charge in [-0.25, -0.2) is 0 Å². The van der Waals surface area contributed by atoms with Gasteiger partial charge in [-0.05, 0) is 37.1 Å². The van der Waals surface area contributed by atoms with Crippen molar-refractivity contribution in [2.45, 2.75) is 43.9 Å². The molecule has 1 aromatic rings. The Morgan fingerprint density at radius 2 is 1.83 bits per heavy atom.